The average molecular weight is 313 g/mol. The third-order valence-electron chi connectivity index (χ3n) is 4.17. The number of rotatable bonds is 1. The highest BCUT2D eigenvalue weighted by Gasteiger charge is 2.22. The van der Waals surface area contributed by atoms with E-state index in [9.17, 15) is 4.79 Å². The van der Waals surface area contributed by atoms with Gasteiger partial charge in [0.15, 0.2) is 0 Å². The molecule has 0 heterocycles. The van der Waals surface area contributed by atoms with Gasteiger partial charge in [0.2, 0.25) is 5.78 Å². The fraction of sp³-hybridized carbons (Fsp3) is 0. The number of aliphatic imine (C=N–C) groups is 1. The van der Waals surface area contributed by atoms with E-state index in [0.29, 0.717) is 28.3 Å². The maximum atomic E-state index is 12.8. The van der Waals surface area contributed by atoms with E-state index in [2.05, 4.69) is 4.99 Å². The molecule has 4 N–H and O–H groups in total. The molecule has 116 valence electrons. The highest BCUT2D eigenvalue weighted by Crippen LogP contribution is 2.32. The molecule has 0 aliphatic heterocycles. The fourth-order valence-corrected chi connectivity index (χ4v) is 3.02. The van der Waals surface area contributed by atoms with Crippen molar-refractivity contribution in [2.75, 3.05) is 11.5 Å². The van der Waals surface area contributed by atoms with Crippen molar-refractivity contribution in [3.05, 3.63) is 71.8 Å². The first-order valence-electron chi connectivity index (χ1n) is 7.62. The summed E-state index contributed by atoms with van der Waals surface area (Å²) in [5.41, 5.74) is 15.5. The van der Waals surface area contributed by atoms with Crippen molar-refractivity contribution in [3.63, 3.8) is 0 Å². The van der Waals surface area contributed by atoms with Crippen molar-refractivity contribution < 1.29 is 4.79 Å². The van der Waals surface area contributed by atoms with Crippen molar-refractivity contribution in [3.8, 4) is 0 Å². The van der Waals surface area contributed by atoms with Gasteiger partial charge < -0.3 is 11.5 Å². The van der Waals surface area contributed by atoms with Crippen LogP contribution < -0.4 is 11.5 Å². The molecule has 3 aromatic carbocycles. The molecule has 24 heavy (non-hydrogen) atoms. The lowest BCUT2D eigenvalue weighted by atomic mass is 9.93. The highest BCUT2D eigenvalue weighted by molar-refractivity contribution is 6.53. The van der Waals surface area contributed by atoms with Crippen LogP contribution in [0.25, 0.3) is 16.8 Å². The first-order valence-corrected chi connectivity index (χ1v) is 7.62. The Morgan fingerprint density at radius 2 is 1.50 bits per heavy atom. The minimum absolute atomic E-state index is 0.169. The Bertz CT molecular complexity index is 1040. The van der Waals surface area contributed by atoms with Crippen molar-refractivity contribution in [2.45, 2.75) is 0 Å². The molecular formula is C20H15N3O. The van der Waals surface area contributed by atoms with Gasteiger partial charge in [0.25, 0.3) is 0 Å². The molecule has 0 spiro atoms. The van der Waals surface area contributed by atoms with Crippen LogP contribution in [0.5, 0.6) is 0 Å². The number of hydrogen-bond acceptors (Lipinski definition) is 4. The van der Waals surface area contributed by atoms with Crippen LogP contribution in [0, 0.1) is 0 Å². The Balaban J connectivity index is 1.90. The molecule has 0 amide bonds. The number of fused-ring (bicyclic) bond motifs is 2. The lowest BCUT2D eigenvalue weighted by molar-refractivity contribution is 0.106. The molecule has 4 nitrogen and oxygen atoms in total. The lowest BCUT2D eigenvalue weighted by Crippen LogP contribution is -2.18. The summed E-state index contributed by atoms with van der Waals surface area (Å²) in [6, 6.07) is 16.9. The number of carbonyl (C=O) groups excluding carboxylic acids is 1. The first kappa shape index (κ1) is 14.2. The zero-order chi connectivity index (χ0) is 16.7. The molecule has 0 saturated carbocycles. The number of ketones is 1. The maximum Gasteiger partial charge on any atom is 0.214 e. The number of nitrogen functional groups attached to an aromatic ring is 2. The predicted octanol–water partition coefficient (Wildman–Crippen LogP) is 3.99. The maximum absolute atomic E-state index is 12.8. The van der Waals surface area contributed by atoms with Gasteiger partial charge in [0.1, 0.15) is 5.71 Å². The van der Waals surface area contributed by atoms with Crippen molar-refractivity contribution in [1.29, 1.82) is 0 Å². The number of nitrogens with two attached hydrogens (primary N) is 2. The Labute approximate surface area is 139 Å². The summed E-state index contributed by atoms with van der Waals surface area (Å²) in [7, 11) is 0. The molecule has 1 aliphatic rings. The molecule has 4 heteroatoms. The van der Waals surface area contributed by atoms with Gasteiger partial charge in [0.05, 0.1) is 11.3 Å². The Morgan fingerprint density at radius 3 is 2.33 bits per heavy atom. The minimum Gasteiger partial charge on any atom is -0.398 e. The van der Waals surface area contributed by atoms with Crippen LogP contribution in [0.1, 0.15) is 15.9 Å². The predicted molar refractivity (Wildman–Crippen MR) is 99.7 cm³/mol. The van der Waals surface area contributed by atoms with E-state index in [1.807, 2.05) is 54.6 Å². The van der Waals surface area contributed by atoms with Gasteiger partial charge in [-0.05, 0) is 35.2 Å². The molecule has 4 rings (SSSR count). The van der Waals surface area contributed by atoms with E-state index in [4.69, 9.17) is 11.5 Å². The molecule has 0 atom stereocenters. The Kier molecular flexibility index (Phi) is 3.17. The van der Waals surface area contributed by atoms with Gasteiger partial charge in [-0.15, -0.1) is 0 Å². The quantitative estimate of drug-likeness (QED) is 0.667. The average Bonchev–Trinajstić information content (AvgIpc) is 2.58. The first-order chi connectivity index (χ1) is 11.6. The number of Topliss-reactive ketones (excluding diaryl/α,β-unsaturated/α-hetero) is 1. The topological polar surface area (TPSA) is 81.5 Å². The zero-order valence-electron chi connectivity index (χ0n) is 12.9. The Morgan fingerprint density at radius 1 is 0.792 bits per heavy atom. The smallest absolute Gasteiger partial charge is 0.214 e. The summed E-state index contributed by atoms with van der Waals surface area (Å²) in [4.78, 5) is 17.3. The third-order valence-corrected chi connectivity index (χ3v) is 4.17. The monoisotopic (exact) mass is 313 g/mol. The summed E-state index contributed by atoms with van der Waals surface area (Å²) in [6.45, 7) is 0. The van der Waals surface area contributed by atoms with E-state index in [-0.39, 0.29) is 5.78 Å². The molecule has 0 fully saturated rings. The second kappa shape index (κ2) is 5.35. The number of carbonyl (C=O) groups is 1. The van der Waals surface area contributed by atoms with Gasteiger partial charge in [-0.1, -0.05) is 42.5 Å². The van der Waals surface area contributed by atoms with Gasteiger partial charge in [-0.25, -0.2) is 4.99 Å². The van der Waals surface area contributed by atoms with Crippen LogP contribution >= 0.6 is 0 Å². The molecular weight excluding hydrogens is 298 g/mol. The van der Waals surface area contributed by atoms with Crippen LogP contribution in [-0.2, 0) is 0 Å². The summed E-state index contributed by atoms with van der Waals surface area (Å²) in [6.07, 6.45) is 3.59. The van der Waals surface area contributed by atoms with Crippen LogP contribution in [0.4, 0.5) is 17.1 Å². The molecule has 3 aromatic rings. The van der Waals surface area contributed by atoms with E-state index in [1.54, 1.807) is 12.1 Å². The van der Waals surface area contributed by atoms with Gasteiger partial charge in [-0.3, -0.25) is 4.79 Å². The normalized spacial score (nSPS) is 15.0. The van der Waals surface area contributed by atoms with E-state index in [0.717, 1.165) is 16.3 Å². The zero-order valence-corrected chi connectivity index (χ0v) is 12.9. The largest absolute Gasteiger partial charge is 0.398 e. The number of hydrogen-bond donors (Lipinski definition) is 2. The standard InChI is InChI=1S/C20H15N3O/c21-14-7-1-4-12-6-3-9-16(18(12)14)23-17-11-10-13-5-2-8-15(22)19(13)20(17)24/h1-11H,21-22H2. The second-order valence-electron chi connectivity index (χ2n) is 5.69. The molecule has 0 saturated heterocycles. The number of allylic oxidation sites excluding steroid dienone is 1. The van der Waals surface area contributed by atoms with Crippen LogP contribution in [0.3, 0.4) is 0 Å². The number of anilines is 2. The molecule has 0 aromatic heterocycles. The summed E-state index contributed by atoms with van der Waals surface area (Å²) in [5, 5.41) is 1.84. The Hall–Kier alpha value is -3.40. The molecule has 0 bridgehead atoms. The molecule has 0 unspecified atom stereocenters. The van der Waals surface area contributed by atoms with Crippen LogP contribution in [0.15, 0.2) is 65.7 Å². The van der Waals surface area contributed by atoms with E-state index >= 15 is 0 Å². The second-order valence-corrected chi connectivity index (χ2v) is 5.69. The highest BCUT2D eigenvalue weighted by atomic mass is 16.1. The lowest BCUT2D eigenvalue weighted by Gasteiger charge is -2.14. The molecule has 0 radical (unpaired) electrons. The summed E-state index contributed by atoms with van der Waals surface area (Å²) in [5.74, 6) is -0.169. The summed E-state index contributed by atoms with van der Waals surface area (Å²) < 4.78 is 0. The SMILES string of the molecule is Nc1cccc2c1C(=O)C(=Nc1cccc3cccc(N)c13)C=C2. The van der Waals surface area contributed by atoms with E-state index < -0.39 is 0 Å². The minimum atomic E-state index is -0.169. The van der Waals surface area contributed by atoms with Crippen LogP contribution in [-0.4, -0.2) is 11.5 Å². The van der Waals surface area contributed by atoms with E-state index in [1.165, 1.54) is 0 Å². The number of nitrogens with zero attached hydrogens (tertiary/aromatic N) is 1. The van der Waals surface area contributed by atoms with Gasteiger partial charge >= 0.3 is 0 Å². The van der Waals surface area contributed by atoms with Crippen molar-refractivity contribution in [1.82, 2.24) is 0 Å². The third kappa shape index (κ3) is 2.16. The number of benzene rings is 3. The van der Waals surface area contributed by atoms with Crippen molar-refractivity contribution >= 4 is 45.4 Å². The fourth-order valence-electron chi connectivity index (χ4n) is 3.02. The van der Waals surface area contributed by atoms with Gasteiger partial charge in [0, 0.05) is 16.8 Å². The molecule has 1 aliphatic carbocycles. The van der Waals surface area contributed by atoms with Gasteiger partial charge in [-0.2, -0.15) is 0 Å². The summed E-state index contributed by atoms with van der Waals surface area (Å²) >= 11 is 0. The van der Waals surface area contributed by atoms with Crippen LogP contribution in [0.2, 0.25) is 0 Å². The van der Waals surface area contributed by atoms with Crippen molar-refractivity contribution in [2.24, 2.45) is 4.99 Å².